The van der Waals surface area contributed by atoms with Crippen LogP contribution in [0.5, 0.6) is 0 Å². The predicted molar refractivity (Wildman–Crippen MR) is 249 cm³/mol. The van der Waals surface area contributed by atoms with Crippen molar-refractivity contribution in [1.29, 1.82) is 0 Å². The lowest BCUT2D eigenvalue weighted by Gasteiger charge is -2.19. The van der Waals surface area contributed by atoms with Crippen molar-refractivity contribution in [1.82, 2.24) is 9.13 Å². The maximum atomic E-state index is 2.47. The molecule has 2 aromatic heterocycles. The Bertz CT molecular complexity index is 3460. The standard InChI is InChI=1S/C56H38N2/c1-57-52-24-10-8-18-43(52)45-28-26-36(32-54(45)57)38-20-12-22-47-50(38)34-51-39(37-27-29-46-44-19-9-11-25-53(44)58(2)55(46)33-37)21-13-23-48(51)56(47)49-31-30-40(35-14-4-3-5-15-35)41-16-6-7-17-42(41)49/h3-34H,1-2H3. The Morgan fingerprint density at radius 1 is 0.241 bits per heavy atom. The molecule has 10 aromatic carbocycles. The van der Waals surface area contributed by atoms with Gasteiger partial charge in [0.25, 0.3) is 0 Å². The van der Waals surface area contributed by atoms with Gasteiger partial charge in [-0.15, -0.1) is 0 Å². The van der Waals surface area contributed by atoms with E-state index in [1.54, 1.807) is 0 Å². The smallest absolute Gasteiger partial charge is 0.0494 e. The summed E-state index contributed by atoms with van der Waals surface area (Å²) in [6.07, 6.45) is 0. The van der Waals surface area contributed by atoms with Crippen LogP contribution in [0.3, 0.4) is 0 Å². The summed E-state index contributed by atoms with van der Waals surface area (Å²) in [5.41, 5.74) is 14.9. The van der Waals surface area contributed by atoms with Gasteiger partial charge in [-0.2, -0.15) is 0 Å². The van der Waals surface area contributed by atoms with Crippen molar-refractivity contribution in [3.8, 4) is 44.5 Å². The molecule has 272 valence electrons. The second kappa shape index (κ2) is 12.5. The zero-order valence-corrected chi connectivity index (χ0v) is 32.4. The largest absolute Gasteiger partial charge is 0.344 e. The van der Waals surface area contributed by atoms with Gasteiger partial charge < -0.3 is 9.13 Å². The molecule has 0 saturated heterocycles. The molecule has 0 spiro atoms. The average Bonchev–Trinajstić information content (AvgIpc) is 3.74. The fraction of sp³-hybridized carbons (Fsp3) is 0.0357. The number of para-hydroxylation sites is 2. The van der Waals surface area contributed by atoms with Crippen LogP contribution in [0.4, 0.5) is 0 Å². The second-order valence-corrected chi connectivity index (χ2v) is 15.7. The van der Waals surface area contributed by atoms with E-state index in [1.807, 2.05) is 0 Å². The molecule has 0 fully saturated rings. The van der Waals surface area contributed by atoms with Gasteiger partial charge in [0, 0.05) is 57.7 Å². The first kappa shape index (κ1) is 32.8. The lowest BCUT2D eigenvalue weighted by molar-refractivity contribution is 1.01. The van der Waals surface area contributed by atoms with Crippen molar-refractivity contribution >= 4 is 75.9 Å². The summed E-state index contributed by atoms with van der Waals surface area (Å²) in [6.45, 7) is 0. The Kier molecular flexibility index (Phi) is 7.09. The van der Waals surface area contributed by atoms with Crippen molar-refractivity contribution < 1.29 is 0 Å². The van der Waals surface area contributed by atoms with Gasteiger partial charge in [0.1, 0.15) is 0 Å². The summed E-state index contributed by atoms with van der Waals surface area (Å²) in [5, 5.41) is 12.6. The molecular weight excluding hydrogens is 701 g/mol. The SMILES string of the molecule is Cn1c2ccccc2c2ccc(-c3cccc4c(-c5ccc(-c6ccccc6)c6ccccc56)c5cccc(-c6ccc7c8ccccc8n(C)c7c6)c5cc34)cc21. The van der Waals surface area contributed by atoms with E-state index >= 15 is 0 Å². The van der Waals surface area contributed by atoms with Crippen molar-refractivity contribution in [2.45, 2.75) is 0 Å². The van der Waals surface area contributed by atoms with Crippen LogP contribution in [-0.4, -0.2) is 9.13 Å². The van der Waals surface area contributed by atoms with E-state index in [9.17, 15) is 0 Å². The Balaban J connectivity index is 1.18. The van der Waals surface area contributed by atoms with E-state index in [4.69, 9.17) is 0 Å². The average molecular weight is 739 g/mol. The minimum atomic E-state index is 1.22. The van der Waals surface area contributed by atoms with Crippen LogP contribution in [0.2, 0.25) is 0 Å². The second-order valence-electron chi connectivity index (χ2n) is 15.7. The highest BCUT2D eigenvalue weighted by atomic mass is 14.9. The topological polar surface area (TPSA) is 9.86 Å². The Morgan fingerprint density at radius 2 is 0.655 bits per heavy atom. The van der Waals surface area contributed by atoms with Crippen molar-refractivity contribution in [2.75, 3.05) is 0 Å². The minimum Gasteiger partial charge on any atom is -0.344 e. The third-order valence-electron chi connectivity index (χ3n) is 12.8. The van der Waals surface area contributed by atoms with Gasteiger partial charge in [-0.05, 0) is 107 Å². The molecule has 0 aliphatic rings. The monoisotopic (exact) mass is 738 g/mol. The summed E-state index contributed by atoms with van der Waals surface area (Å²) in [4.78, 5) is 0. The number of rotatable bonds is 4. The lowest BCUT2D eigenvalue weighted by atomic mass is 9.84. The lowest BCUT2D eigenvalue weighted by Crippen LogP contribution is -1.93. The highest BCUT2D eigenvalue weighted by Crippen LogP contribution is 2.47. The predicted octanol–water partition coefficient (Wildman–Crippen LogP) is 15.1. The molecule has 2 nitrogen and oxygen atoms in total. The number of nitrogens with zero attached hydrogens (tertiary/aromatic N) is 2. The van der Waals surface area contributed by atoms with Crippen LogP contribution >= 0.6 is 0 Å². The Labute approximate surface area is 336 Å². The molecule has 0 atom stereocenters. The Hall–Kier alpha value is -7.42. The van der Waals surface area contributed by atoms with Crippen LogP contribution in [-0.2, 0) is 14.1 Å². The van der Waals surface area contributed by atoms with Gasteiger partial charge in [-0.3, -0.25) is 0 Å². The molecule has 12 rings (SSSR count). The van der Waals surface area contributed by atoms with Gasteiger partial charge >= 0.3 is 0 Å². The first-order valence-corrected chi connectivity index (χ1v) is 20.1. The van der Waals surface area contributed by atoms with Gasteiger partial charge in [-0.25, -0.2) is 0 Å². The summed E-state index contributed by atoms with van der Waals surface area (Å²) in [6, 6.07) is 72.1. The molecule has 0 saturated carbocycles. The number of aryl methyl sites for hydroxylation is 2. The molecule has 0 aliphatic heterocycles. The van der Waals surface area contributed by atoms with Crippen LogP contribution in [0.1, 0.15) is 0 Å². The van der Waals surface area contributed by atoms with Crippen LogP contribution in [0.25, 0.3) is 120 Å². The zero-order valence-electron chi connectivity index (χ0n) is 32.4. The van der Waals surface area contributed by atoms with Crippen LogP contribution < -0.4 is 0 Å². The summed E-state index contributed by atoms with van der Waals surface area (Å²) in [7, 11) is 4.37. The third kappa shape index (κ3) is 4.72. The maximum absolute atomic E-state index is 2.47. The summed E-state index contributed by atoms with van der Waals surface area (Å²) in [5.74, 6) is 0. The number of aromatic nitrogens is 2. The molecule has 58 heavy (non-hydrogen) atoms. The number of hydrogen-bond acceptors (Lipinski definition) is 0. The van der Waals surface area contributed by atoms with Gasteiger partial charge in [0.15, 0.2) is 0 Å². The first-order valence-electron chi connectivity index (χ1n) is 20.1. The molecule has 0 aliphatic carbocycles. The van der Waals surface area contributed by atoms with Crippen molar-refractivity contribution in [3.05, 3.63) is 194 Å². The maximum Gasteiger partial charge on any atom is 0.0494 e. The Morgan fingerprint density at radius 3 is 1.21 bits per heavy atom. The molecular formula is C56H38N2. The van der Waals surface area contributed by atoms with Crippen LogP contribution in [0, 0.1) is 0 Å². The molecule has 2 heterocycles. The van der Waals surface area contributed by atoms with E-state index < -0.39 is 0 Å². The van der Waals surface area contributed by atoms with E-state index in [2.05, 4.69) is 217 Å². The quantitative estimate of drug-likeness (QED) is 0.159. The minimum absolute atomic E-state index is 1.22. The fourth-order valence-electron chi connectivity index (χ4n) is 10.0. The molecule has 0 unspecified atom stereocenters. The molecule has 0 radical (unpaired) electrons. The fourth-order valence-corrected chi connectivity index (χ4v) is 10.0. The molecule has 0 bridgehead atoms. The van der Waals surface area contributed by atoms with Gasteiger partial charge in [0.2, 0.25) is 0 Å². The van der Waals surface area contributed by atoms with E-state index in [-0.39, 0.29) is 0 Å². The van der Waals surface area contributed by atoms with E-state index in [0.717, 1.165) is 0 Å². The third-order valence-corrected chi connectivity index (χ3v) is 12.8. The van der Waals surface area contributed by atoms with E-state index in [1.165, 1.54) is 120 Å². The highest BCUT2D eigenvalue weighted by Gasteiger charge is 2.20. The molecule has 2 heteroatoms. The normalized spacial score (nSPS) is 12.0. The zero-order chi connectivity index (χ0) is 38.5. The summed E-state index contributed by atoms with van der Waals surface area (Å²) < 4.78 is 4.67. The van der Waals surface area contributed by atoms with Gasteiger partial charge in [-0.1, -0.05) is 164 Å². The highest BCUT2D eigenvalue weighted by molar-refractivity contribution is 6.23. The first-order chi connectivity index (χ1) is 28.6. The summed E-state index contributed by atoms with van der Waals surface area (Å²) >= 11 is 0. The molecule has 0 N–H and O–H groups in total. The van der Waals surface area contributed by atoms with Crippen molar-refractivity contribution in [3.63, 3.8) is 0 Å². The molecule has 0 amide bonds. The van der Waals surface area contributed by atoms with Crippen LogP contribution in [0.15, 0.2) is 194 Å². The van der Waals surface area contributed by atoms with Crippen molar-refractivity contribution in [2.24, 2.45) is 14.1 Å². The molecule has 12 aromatic rings. The number of fused-ring (bicyclic) bond motifs is 9. The van der Waals surface area contributed by atoms with Gasteiger partial charge in [0.05, 0.1) is 0 Å². The number of hydrogen-bond donors (Lipinski definition) is 0. The van der Waals surface area contributed by atoms with E-state index in [0.29, 0.717) is 0 Å². The number of benzene rings is 10.